The van der Waals surface area contributed by atoms with Crippen molar-refractivity contribution in [3.63, 3.8) is 0 Å². The lowest BCUT2D eigenvalue weighted by Gasteiger charge is -2.21. The second kappa shape index (κ2) is 7.41. The van der Waals surface area contributed by atoms with Crippen LogP contribution >= 0.6 is 15.9 Å². The summed E-state index contributed by atoms with van der Waals surface area (Å²) >= 11 is 3.34. The van der Waals surface area contributed by atoms with Crippen LogP contribution in [0.15, 0.2) is 41.0 Å². The topological polar surface area (TPSA) is 76.0 Å². The highest BCUT2D eigenvalue weighted by molar-refractivity contribution is 9.10. The molecule has 6 nitrogen and oxygen atoms in total. The normalized spacial score (nSPS) is 12.0. The lowest BCUT2D eigenvalue weighted by Crippen LogP contribution is -2.47. The molecule has 0 radical (unpaired) electrons. The van der Waals surface area contributed by atoms with Crippen LogP contribution in [0, 0.1) is 5.92 Å². The Hall–Kier alpha value is -2.15. The molecule has 0 aliphatic heterocycles. The third-order valence-electron chi connectivity index (χ3n) is 3.32. The number of carbonyl (C=O) groups excluding carboxylic acids is 2. The largest absolute Gasteiger partial charge is 0.340 e. The van der Waals surface area contributed by atoms with E-state index in [-0.39, 0.29) is 17.7 Å². The van der Waals surface area contributed by atoms with E-state index in [4.69, 9.17) is 0 Å². The maximum Gasteiger partial charge on any atom is 0.253 e. The molecule has 2 aromatic rings. The van der Waals surface area contributed by atoms with Gasteiger partial charge < -0.3 is 10.6 Å². The van der Waals surface area contributed by atoms with Gasteiger partial charge in [0.05, 0.1) is 5.56 Å². The Morgan fingerprint density at radius 2 is 1.91 bits per heavy atom. The van der Waals surface area contributed by atoms with Gasteiger partial charge in [-0.05, 0) is 34.0 Å². The number of amides is 2. The number of aromatic nitrogens is 2. The number of hydrogen-bond donors (Lipinski definition) is 2. The van der Waals surface area contributed by atoms with E-state index in [1.54, 1.807) is 42.2 Å². The molecule has 0 fully saturated rings. The van der Waals surface area contributed by atoms with Crippen LogP contribution in [0.4, 0.5) is 5.82 Å². The third kappa shape index (κ3) is 4.41. The summed E-state index contributed by atoms with van der Waals surface area (Å²) in [6.45, 7) is 3.76. The highest BCUT2D eigenvalue weighted by atomic mass is 79.9. The molecule has 1 aromatic carbocycles. The quantitative estimate of drug-likeness (QED) is 0.839. The minimum atomic E-state index is -0.656. The van der Waals surface area contributed by atoms with Crippen molar-refractivity contribution >= 4 is 33.6 Å². The smallest absolute Gasteiger partial charge is 0.253 e. The van der Waals surface area contributed by atoms with E-state index in [9.17, 15) is 9.59 Å². The summed E-state index contributed by atoms with van der Waals surface area (Å²) in [6.07, 6.45) is 1.74. The van der Waals surface area contributed by atoms with Gasteiger partial charge in [0.25, 0.3) is 5.91 Å². The molecule has 1 aromatic heterocycles. The molecule has 0 aliphatic carbocycles. The van der Waals surface area contributed by atoms with Crippen molar-refractivity contribution in [2.75, 3.05) is 5.32 Å². The average Bonchev–Trinajstić information content (AvgIpc) is 2.89. The van der Waals surface area contributed by atoms with Gasteiger partial charge in [-0.1, -0.05) is 26.0 Å². The number of halogens is 1. The van der Waals surface area contributed by atoms with Crippen molar-refractivity contribution in [3.05, 3.63) is 46.6 Å². The van der Waals surface area contributed by atoms with Crippen LogP contribution < -0.4 is 10.6 Å². The predicted molar refractivity (Wildman–Crippen MR) is 92.1 cm³/mol. The summed E-state index contributed by atoms with van der Waals surface area (Å²) in [5.41, 5.74) is 0.490. The Kier molecular flexibility index (Phi) is 5.54. The summed E-state index contributed by atoms with van der Waals surface area (Å²) in [6, 6.07) is 8.13. The van der Waals surface area contributed by atoms with Crippen LogP contribution in [0.3, 0.4) is 0 Å². The number of hydrogen-bond acceptors (Lipinski definition) is 3. The van der Waals surface area contributed by atoms with Gasteiger partial charge in [-0.15, -0.1) is 0 Å². The van der Waals surface area contributed by atoms with E-state index >= 15 is 0 Å². The first kappa shape index (κ1) is 17.2. The van der Waals surface area contributed by atoms with Gasteiger partial charge in [0.2, 0.25) is 5.91 Å². The first-order valence-corrected chi connectivity index (χ1v) is 8.03. The van der Waals surface area contributed by atoms with Crippen LogP contribution in [0.5, 0.6) is 0 Å². The number of rotatable bonds is 5. The molecule has 2 N–H and O–H groups in total. The predicted octanol–water partition coefficient (Wildman–Crippen LogP) is 2.58. The second-order valence-corrected chi connectivity index (χ2v) is 6.39. The van der Waals surface area contributed by atoms with Crippen molar-refractivity contribution in [3.8, 4) is 0 Å². The minimum Gasteiger partial charge on any atom is -0.340 e. The first-order chi connectivity index (χ1) is 10.9. The highest BCUT2D eigenvalue weighted by Crippen LogP contribution is 2.16. The molecule has 0 saturated carbocycles. The summed E-state index contributed by atoms with van der Waals surface area (Å²) in [5.74, 6) is -0.199. The van der Waals surface area contributed by atoms with E-state index in [2.05, 4.69) is 31.7 Å². The number of anilines is 1. The van der Waals surface area contributed by atoms with Crippen LogP contribution in [-0.4, -0.2) is 27.6 Å². The lowest BCUT2D eigenvalue weighted by molar-refractivity contribution is -0.118. The van der Waals surface area contributed by atoms with Gasteiger partial charge in [0, 0.05) is 23.8 Å². The van der Waals surface area contributed by atoms with E-state index in [1.165, 1.54) is 0 Å². The van der Waals surface area contributed by atoms with Gasteiger partial charge in [0.15, 0.2) is 5.82 Å². The fourth-order valence-electron chi connectivity index (χ4n) is 2.09. The van der Waals surface area contributed by atoms with Gasteiger partial charge in [-0.3, -0.25) is 14.3 Å². The monoisotopic (exact) mass is 378 g/mol. The maximum atomic E-state index is 12.4. The lowest BCUT2D eigenvalue weighted by atomic mass is 10.0. The molecular formula is C16H19BrN4O2. The standard InChI is InChI=1S/C16H19BrN4O2/c1-10(2)14(16(23)18-13-8-9-21(3)20-13)19-15(22)11-6-4-5-7-12(11)17/h4-10,14H,1-3H3,(H,19,22)(H,18,20,23). The second-order valence-electron chi connectivity index (χ2n) is 5.54. The summed E-state index contributed by atoms with van der Waals surface area (Å²) in [4.78, 5) is 24.8. The number of nitrogens with zero attached hydrogens (tertiary/aromatic N) is 2. The Labute approximate surface area is 143 Å². The molecule has 1 unspecified atom stereocenters. The molecule has 1 heterocycles. The van der Waals surface area contributed by atoms with Gasteiger partial charge in [0.1, 0.15) is 6.04 Å². The van der Waals surface area contributed by atoms with Crippen molar-refractivity contribution < 1.29 is 9.59 Å². The molecule has 1 atom stereocenters. The molecule has 0 saturated heterocycles. The van der Waals surface area contributed by atoms with Crippen molar-refractivity contribution in [1.82, 2.24) is 15.1 Å². The SMILES string of the molecule is CC(C)C(NC(=O)c1ccccc1Br)C(=O)Nc1ccn(C)n1. The summed E-state index contributed by atoms with van der Waals surface area (Å²) < 4.78 is 2.28. The fraction of sp³-hybridized carbons (Fsp3) is 0.312. The third-order valence-corrected chi connectivity index (χ3v) is 4.01. The summed E-state index contributed by atoms with van der Waals surface area (Å²) in [5, 5.41) is 9.61. The maximum absolute atomic E-state index is 12.4. The van der Waals surface area contributed by atoms with Crippen LogP contribution in [-0.2, 0) is 11.8 Å². The Balaban J connectivity index is 2.10. The molecule has 122 valence electrons. The van der Waals surface area contributed by atoms with E-state index in [1.807, 2.05) is 19.9 Å². The Bertz CT molecular complexity index is 712. The highest BCUT2D eigenvalue weighted by Gasteiger charge is 2.25. The number of nitrogens with one attached hydrogen (secondary N) is 2. The van der Waals surface area contributed by atoms with E-state index in [0.717, 1.165) is 0 Å². The summed E-state index contributed by atoms with van der Waals surface area (Å²) in [7, 11) is 1.77. The molecule has 0 aliphatic rings. The average molecular weight is 379 g/mol. The van der Waals surface area contributed by atoms with Crippen molar-refractivity contribution in [2.45, 2.75) is 19.9 Å². The van der Waals surface area contributed by atoms with Crippen molar-refractivity contribution in [2.24, 2.45) is 13.0 Å². The number of aryl methyl sites for hydroxylation is 1. The zero-order valence-electron chi connectivity index (χ0n) is 13.2. The molecule has 2 rings (SSSR count). The number of benzene rings is 1. The molecule has 0 spiro atoms. The molecular weight excluding hydrogens is 360 g/mol. The van der Waals surface area contributed by atoms with Gasteiger partial charge in [-0.2, -0.15) is 5.10 Å². The zero-order chi connectivity index (χ0) is 17.0. The number of carbonyl (C=O) groups is 2. The Morgan fingerprint density at radius 1 is 1.22 bits per heavy atom. The Morgan fingerprint density at radius 3 is 2.48 bits per heavy atom. The van der Waals surface area contributed by atoms with Gasteiger partial charge >= 0.3 is 0 Å². The van der Waals surface area contributed by atoms with Crippen LogP contribution in [0.25, 0.3) is 0 Å². The van der Waals surface area contributed by atoms with Crippen LogP contribution in [0.1, 0.15) is 24.2 Å². The molecule has 23 heavy (non-hydrogen) atoms. The molecule has 7 heteroatoms. The molecule has 0 bridgehead atoms. The first-order valence-electron chi connectivity index (χ1n) is 7.24. The van der Waals surface area contributed by atoms with E-state index in [0.29, 0.717) is 15.9 Å². The zero-order valence-corrected chi connectivity index (χ0v) is 14.8. The van der Waals surface area contributed by atoms with Gasteiger partial charge in [-0.25, -0.2) is 0 Å². The minimum absolute atomic E-state index is 0.0647. The van der Waals surface area contributed by atoms with Crippen molar-refractivity contribution in [1.29, 1.82) is 0 Å². The fourth-order valence-corrected chi connectivity index (χ4v) is 2.55. The molecule has 2 amide bonds. The van der Waals surface area contributed by atoms with Crippen LogP contribution in [0.2, 0.25) is 0 Å². The van der Waals surface area contributed by atoms with E-state index < -0.39 is 6.04 Å².